The number of primary sulfonamides is 1. The molecule has 2 aromatic heterocycles. The fourth-order valence-corrected chi connectivity index (χ4v) is 4.27. The number of hydrogen-bond donors (Lipinski definition) is 1. The molecule has 10 heteroatoms. The molecule has 2 heterocycles. The monoisotopic (exact) mass is 409 g/mol. The molecule has 3 aromatic rings. The van der Waals surface area contributed by atoms with Crippen molar-refractivity contribution in [3.8, 4) is 0 Å². The van der Waals surface area contributed by atoms with E-state index in [1.165, 1.54) is 23.9 Å². The third-order valence-corrected chi connectivity index (χ3v) is 6.04. The maximum atomic E-state index is 11.6. The average Bonchev–Trinajstić information content (AvgIpc) is 3.20. The van der Waals surface area contributed by atoms with Gasteiger partial charge in [-0.05, 0) is 38.0 Å². The molecule has 0 aliphatic carbocycles. The smallest absolute Gasteiger partial charge is 0.239 e. The molecule has 0 bridgehead atoms. The maximum Gasteiger partial charge on any atom is 0.239 e. The molecule has 0 saturated heterocycles. The topological polar surface area (TPSA) is 117 Å². The first kappa shape index (κ1) is 19.8. The van der Waals surface area contributed by atoms with E-state index in [1.807, 2.05) is 6.92 Å². The summed E-state index contributed by atoms with van der Waals surface area (Å²) in [5, 5.41) is 9.94. The summed E-state index contributed by atoms with van der Waals surface area (Å²) in [7, 11) is -3.77. The minimum atomic E-state index is -3.77. The quantitative estimate of drug-likeness (QED) is 0.567. The van der Waals surface area contributed by atoms with Gasteiger partial charge in [0.15, 0.2) is 11.0 Å². The molecule has 0 fully saturated rings. The van der Waals surface area contributed by atoms with Crippen LogP contribution in [-0.4, -0.2) is 28.1 Å². The summed E-state index contributed by atoms with van der Waals surface area (Å²) in [6.07, 6.45) is 2.66. The Morgan fingerprint density at radius 1 is 1.26 bits per heavy atom. The van der Waals surface area contributed by atoms with Gasteiger partial charge in [-0.2, -0.15) is 4.98 Å². The van der Waals surface area contributed by atoms with Crippen LogP contribution in [0, 0.1) is 0 Å². The fraction of sp³-hybridized carbons (Fsp3) is 0.471. The minimum Gasteiger partial charge on any atom is -0.338 e. The molecule has 3 rings (SSSR count). The molecule has 0 aliphatic rings. The van der Waals surface area contributed by atoms with Gasteiger partial charge < -0.3 is 9.09 Å². The minimum absolute atomic E-state index is 0.0573. The number of benzene rings is 1. The maximum absolute atomic E-state index is 11.6. The summed E-state index contributed by atoms with van der Waals surface area (Å²) in [4.78, 5) is 9.13. The van der Waals surface area contributed by atoms with Gasteiger partial charge in [-0.1, -0.05) is 30.8 Å². The normalized spacial score (nSPS) is 13.3. The van der Waals surface area contributed by atoms with Gasteiger partial charge in [0.25, 0.3) is 0 Å². The van der Waals surface area contributed by atoms with E-state index in [9.17, 15) is 8.42 Å². The van der Waals surface area contributed by atoms with E-state index in [1.54, 1.807) is 6.07 Å². The second-order valence-electron chi connectivity index (χ2n) is 6.30. The molecule has 27 heavy (non-hydrogen) atoms. The van der Waals surface area contributed by atoms with Gasteiger partial charge in [0.05, 0.1) is 21.2 Å². The Labute approximate surface area is 162 Å². The lowest BCUT2D eigenvalue weighted by Crippen LogP contribution is -2.11. The predicted octanol–water partition coefficient (Wildman–Crippen LogP) is 3.28. The highest BCUT2D eigenvalue weighted by atomic mass is 32.2. The van der Waals surface area contributed by atoms with Gasteiger partial charge >= 0.3 is 0 Å². The SMILES string of the molecule is CCCc1noc([C@H](C)Sc2nc3cc(S(N)(=O)=O)ccc3n2CCC)n1. The highest BCUT2D eigenvalue weighted by molar-refractivity contribution is 7.99. The first-order chi connectivity index (χ1) is 12.8. The summed E-state index contributed by atoms with van der Waals surface area (Å²) in [6.45, 7) is 6.90. The first-order valence-corrected chi connectivity index (χ1v) is 11.3. The Morgan fingerprint density at radius 2 is 2.04 bits per heavy atom. The molecule has 0 unspecified atom stereocenters. The largest absolute Gasteiger partial charge is 0.338 e. The number of thioether (sulfide) groups is 1. The van der Waals surface area contributed by atoms with Gasteiger partial charge in [-0.3, -0.25) is 0 Å². The number of imidazole rings is 1. The van der Waals surface area contributed by atoms with Crippen LogP contribution in [0.2, 0.25) is 0 Å². The van der Waals surface area contributed by atoms with E-state index >= 15 is 0 Å². The van der Waals surface area contributed by atoms with Crippen LogP contribution < -0.4 is 5.14 Å². The predicted molar refractivity (Wildman–Crippen MR) is 104 cm³/mol. The number of aryl methyl sites for hydroxylation is 2. The van der Waals surface area contributed by atoms with Crippen LogP contribution in [0.25, 0.3) is 11.0 Å². The molecule has 0 saturated carbocycles. The Morgan fingerprint density at radius 3 is 2.70 bits per heavy atom. The van der Waals surface area contributed by atoms with Crippen LogP contribution in [0.1, 0.15) is 50.6 Å². The summed E-state index contributed by atoms with van der Waals surface area (Å²) >= 11 is 1.51. The van der Waals surface area contributed by atoms with Crippen LogP contribution in [0.4, 0.5) is 0 Å². The van der Waals surface area contributed by atoms with Crippen molar-refractivity contribution in [2.75, 3.05) is 0 Å². The van der Waals surface area contributed by atoms with Gasteiger partial charge in [0.1, 0.15) is 0 Å². The molecule has 8 nitrogen and oxygen atoms in total. The van der Waals surface area contributed by atoms with E-state index in [-0.39, 0.29) is 10.1 Å². The second kappa shape index (κ2) is 7.99. The van der Waals surface area contributed by atoms with Gasteiger partial charge in [0.2, 0.25) is 15.9 Å². The van der Waals surface area contributed by atoms with Crippen molar-refractivity contribution < 1.29 is 12.9 Å². The molecule has 0 amide bonds. The zero-order valence-corrected chi connectivity index (χ0v) is 17.2. The lowest BCUT2D eigenvalue weighted by Gasteiger charge is -2.09. The van der Waals surface area contributed by atoms with E-state index in [2.05, 4.69) is 33.5 Å². The van der Waals surface area contributed by atoms with Crippen LogP contribution >= 0.6 is 11.8 Å². The third kappa shape index (κ3) is 4.33. The summed E-state index contributed by atoms with van der Waals surface area (Å²) < 4.78 is 30.7. The number of nitrogens with two attached hydrogens (primary N) is 1. The van der Waals surface area contributed by atoms with Crippen LogP contribution in [0.3, 0.4) is 0 Å². The van der Waals surface area contributed by atoms with E-state index in [0.717, 1.165) is 36.5 Å². The number of aromatic nitrogens is 4. The van der Waals surface area contributed by atoms with Crippen molar-refractivity contribution in [2.24, 2.45) is 5.14 Å². The average molecular weight is 410 g/mol. The Balaban J connectivity index is 1.95. The van der Waals surface area contributed by atoms with Gasteiger partial charge in [-0.15, -0.1) is 0 Å². The second-order valence-corrected chi connectivity index (χ2v) is 9.17. The zero-order chi connectivity index (χ0) is 19.6. The van der Waals surface area contributed by atoms with E-state index in [0.29, 0.717) is 17.2 Å². The van der Waals surface area contributed by atoms with Crippen molar-refractivity contribution >= 4 is 32.8 Å². The van der Waals surface area contributed by atoms with Crippen LogP contribution in [0.15, 0.2) is 32.8 Å². The molecule has 0 spiro atoms. The lowest BCUT2D eigenvalue weighted by molar-refractivity contribution is 0.374. The highest BCUT2D eigenvalue weighted by Gasteiger charge is 2.21. The molecular formula is C17H23N5O3S2. The van der Waals surface area contributed by atoms with E-state index < -0.39 is 10.0 Å². The zero-order valence-electron chi connectivity index (χ0n) is 15.5. The van der Waals surface area contributed by atoms with Gasteiger partial charge in [-0.25, -0.2) is 18.5 Å². The van der Waals surface area contributed by atoms with Crippen molar-refractivity contribution in [3.05, 3.63) is 29.9 Å². The van der Waals surface area contributed by atoms with Crippen molar-refractivity contribution in [3.63, 3.8) is 0 Å². The summed E-state index contributed by atoms with van der Waals surface area (Å²) in [6, 6.07) is 4.77. The number of hydrogen-bond acceptors (Lipinski definition) is 7. The Hall–Kier alpha value is -1.91. The number of fused-ring (bicyclic) bond motifs is 1. The van der Waals surface area contributed by atoms with E-state index in [4.69, 9.17) is 9.66 Å². The molecule has 1 aromatic carbocycles. The molecule has 0 aliphatic heterocycles. The molecule has 0 radical (unpaired) electrons. The van der Waals surface area contributed by atoms with Crippen molar-refractivity contribution in [2.45, 2.75) is 61.9 Å². The van der Waals surface area contributed by atoms with Crippen LogP contribution in [-0.2, 0) is 23.0 Å². The standard InChI is InChI=1S/C17H23N5O3S2/c1-4-6-15-20-16(25-21-15)11(3)26-17-19-13-10-12(27(18,23)24)7-8-14(13)22(17)9-5-2/h7-8,10-11H,4-6,9H2,1-3H3,(H2,18,23,24)/t11-/m0/s1. The summed E-state index contributed by atoms with van der Waals surface area (Å²) in [5.74, 6) is 1.27. The lowest BCUT2D eigenvalue weighted by atomic mass is 10.3. The molecule has 2 N–H and O–H groups in total. The Bertz CT molecular complexity index is 1040. The molecular weight excluding hydrogens is 386 g/mol. The van der Waals surface area contributed by atoms with Crippen LogP contribution in [0.5, 0.6) is 0 Å². The number of sulfonamides is 1. The molecule has 1 atom stereocenters. The number of nitrogens with zero attached hydrogens (tertiary/aromatic N) is 4. The highest BCUT2D eigenvalue weighted by Crippen LogP contribution is 2.35. The molecule has 146 valence electrons. The number of rotatable bonds is 8. The summed E-state index contributed by atoms with van der Waals surface area (Å²) in [5.41, 5.74) is 1.47. The fourth-order valence-electron chi connectivity index (χ4n) is 2.76. The van der Waals surface area contributed by atoms with Crippen molar-refractivity contribution in [1.82, 2.24) is 19.7 Å². The Kier molecular flexibility index (Phi) is 5.87. The van der Waals surface area contributed by atoms with Gasteiger partial charge in [0, 0.05) is 13.0 Å². The van der Waals surface area contributed by atoms with Crippen molar-refractivity contribution in [1.29, 1.82) is 0 Å². The third-order valence-electron chi connectivity index (χ3n) is 4.05. The first-order valence-electron chi connectivity index (χ1n) is 8.85.